The number of aromatic nitrogens is 4. The van der Waals surface area contributed by atoms with Crippen LogP contribution in [-0.2, 0) is 6.54 Å². The summed E-state index contributed by atoms with van der Waals surface area (Å²) in [5, 5.41) is 7.05. The Hall–Kier alpha value is -1.80. The van der Waals surface area contributed by atoms with E-state index in [-0.39, 0.29) is 5.69 Å². The Morgan fingerprint density at radius 1 is 1.53 bits per heavy atom. The maximum absolute atomic E-state index is 11.5. The molecular weight excluding hydrogens is 282 g/mol. The topological polar surface area (TPSA) is 89.6 Å². The number of benzene rings is 1. The maximum atomic E-state index is 11.5. The number of anilines is 1. The molecule has 3 rings (SSSR count). The molecular formula is C11H11N5OS2. The van der Waals surface area contributed by atoms with Gasteiger partial charge < -0.3 is 5.73 Å². The van der Waals surface area contributed by atoms with E-state index in [0.29, 0.717) is 17.4 Å². The van der Waals surface area contributed by atoms with E-state index < -0.39 is 0 Å². The summed E-state index contributed by atoms with van der Waals surface area (Å²) in [6, 6.07) is 3.91. The minimum absolute atomic E-state index is 0.210. The molecule has 0 aliphatic rings. The summed E-state index contributed by atoms with van der Waals surface area (Å²) in [6.07, 6.45) is 0. The molecule has 0 aliphatic heterocycles. The average Bonchev–Trinajstić information content (AvgIpc) is 3.00. The fourth-order valence-electron chi connectivity index (χ4n) is 1.78. The van der Waals surface area contributed by atoms with Gasteiger partial charge in [-0.25, -0.2) is 14.9 Å². The molecule has 2 aromatic heterocycles. The van der Waals surface area contributed by atoms with Crippen LogP contribution >= 0.6 is 23.1 Å². The summed E-state index contributed by atoms with van der Waals surface area (Å²) >= 11 is 2.92. The Kier molecular flexibility index (Phi) is 3.03. The SMILES string of the molecule is CCn1c(Sc2ccc3scnc3c2N)n[nH]c1=O. The number of nitrogens with zero attached hydrogens (tertiary/aromatic N) is 3. The number of nitrogens with two attached hydrogens (primary N) is 1. The van der Waals surface area contributed by atoms with Crippen LogP contribution < -0.4 is 11.4 Å². The van der Waals surface area contributed by atoms with Gasteiger partial charge in [0.25, 0.3) is 0 Å². The van der Waals surface area contributed by atoms with Crippen molar-refractivity contribution < 1.29 is 0 Å². The van der Waals surface area contributed by atoms with Crippen LogP contribution in [0.25, 0.3) is 10.2 Å². The molecule has 98 valence electrons. The molecule has 0 radical (unpaired) electrons. The van der Waals surface area contributed by atoms with Crippen LogP contribution in [-0.4, -0.2) is 19.7 Å². The van der Waals surface area contributed by atoms with Crippen molar-refractivity contribution in [2.24, 2.45) is 0 Å². The number of aromatic amines is 1. The summed E-state index contributed by atoms with van der Waals surface area (Å²) in [7, 11) is 0. The number of fused-ring (bicyclic) bond motifs is 1. The van der Waals surface area contributed by atoms with Crippen molar-refractivity contribution in [2.45, 2.75) is 23.5 Å². The fourth-order valence-corrected chi connectivity index (χ4v) is 3.43. The van der Waals surface area contributed by atoms with Crippen molar-refractivity contribution in [3.8, 4) is 0 Å². The average molecular weight is 293 g/mol. The Labute approximate surface area is 116 Å². The molecule has 1 aromatic carbocycles. The second kappa shape index (κ2) is 4.71. The molecule has 0 unspecified atom stereocenters. The largest absolute Gasteiger partial charge is 0.396 e. The van der Waals surface area contributed by atoms with Crippen LogP contribution in [0.3, 0.4) is 0 Å². The van der Waals surface area contributed by atoms with E-state index in [1.165, 1.54) is 11.8 Å². The zero-order valence-electron chi connectivity index (χ0n) is 10.1. The first-order chi connectivity index (χ1) is 9.20. The molecule has 0 saturated carbocycles. The molecule has 0 aliphatic carbocycles. The lowest BCUT2D eigenvalue weighted by molar-refractivity contribution is 0.660. The first-order valence-electron chi connectivity index (χ1n) is 5.65. The lowest BCUT2D eigenvalue weighted by Crippen LogP contribution is -2.16. The Balaban J connectivity index is 2.05. The highest BCUT2D eigenvalue weighted by atomic mass is 32.2. The van der Waals surface area contributed by atoms with Crippen molar-refractivity contribution in [3.05, 3.63) is 28.1 Å². The normalized spacial score (nSPS) is 11.2. The van der Waals surface area contributed by atoms with Crippen LogP contribution in [0.4, 0.5) is 5.69 Å². The van der Waals surface area contributed by atoms with Crippen LogP contribution in [0.2, 0.25) is 0 Å². The Morgan fingerprint density at radius 2 is 2.37 bits per heavy atom. The predicted octanol–water partition coefficient (Wildman–Crippen LogP) is 1.93. The molecule has 8 heteroatoms. The predicted molar refractivity (Wildman–Crippen MR) is 76.7 cm³/mol. The van der Waals surface area contributed by atoms with Crippen LogP contribution in [0, 0.1) is 0 Å². The summed E-state index contributed by atoms with van der Waals surface area (Å²) in [5.74, 6) is 0. The number of hydrogen-bond donors (Lipinski definition) is 2. The van der Waals surface area contributed by atoms with Gasteiger partial charge in [0.1, 0.15) is 5.52 Å². The number of thiazole rings is 1. The highest BCUT2D eigenvalue weighted by molar-refractivity contribution is 7.99. The van der Waals surface area contributed by atoms with E-state index in [1.54, 1.807) is 21.4 Å². The molecule has 0 spiro atoms. The van der Waals surface area contributed by atoms with E-state index in [9.17, 15) is 4.79 Å². The van der Waals surface area contributed by atoms with Crippen molar-refractivity contribution in [2.75, 3.05) is 5.73 Å². The van der Waals surface area contributed by atoms with Crippen LogP contribution in [0.15, 0.2) is 32.5 Å². The van der Waals surface area contributed by atoms with E-state index in [1.807, 2.05) is 19.1 Å². The van der Waals surface area contributed by atoms with Gasteiger partial charge in [-0.15, -0.1) is 16.4 Å². The van der Waals surface area contributed by atoms with E-state index in [4.69, 9.17) is 5.73 Å². The molecule has 0 saturated heterocycles. The third-order valence-corrected chi connectivity index (χ3v) is 4.61. The molecule has 0 amide bonds. The van der Waals surface area contributed by atoms with Gasteiger partial charge in [-0.3, -0.25) is 4.57 Å². The molecule has 19 heavy (non-hydrogen) atoms. The Morgan fingerprint density at radius 3 is 3.16 bits per heavy atom. The van der Waals surface area contributed by atoms with E-state index in [2.05, 4.69) is 15.2 Å². The van der Waals surface area contributed by atoms with Gasteiger partial charge in [0.15, 0.2) is 5.16 Å². The summed E-state index contributed by atoms with van der Waals surface area (Å²) in [4.78, 5) is 16.6. The number of hydrogen-bond acceptors (Lipinski definition) is 6. The van der Waals surface area contributed by atoms with Gasteiger partial charge in [0, 0.05) is 11.4 Å². The third-order valence-electron chi connectivity index (χ3n) is 2.74. The van der Waals surface area contributed by atoms with Crippen LogP contribution in [0.1, 0.15) is 6.92 Å². The quantitative estimate of drug-likeness (QED) is 0.720. The van der Waals surface area contributed by atoms with Gasteiger partial charge >= 0.3 is 5.69 Å². The highest BCUT2D eigenvalue weighted by Crippen LogP contribution is 2.35. The van der Waals surface area contributed by atoms with Crippen LogP contribution in [0.5, 0.6) is 0 Å². The zero-order valence-corrected chi connectivity index (χ0v) is 11.7. The highest BCUT2D eigenvalue weighted by Gasteiger charge is 2.13. The molecule has 0 bridgehead atoms. The van der Waals surface area contributed by atoms with Crippen molar-refractivity contribution in [1.82, 2.24) is 19.7 Å². The monoisotopic (exact) mass is 293 g/mol. The van der Waals surface area contributed by atoms with Crippen molar-refractivity contribution >= 4 is 39.0 Å². The van der Waals surface area contributed by atoms with E-state index >= 15 is 0 Å². The maximum Gasteiger partial charge on any atom is 0.343 e. The lowest BCUT2D eigenvalue weighted by atomic mass is 10.3. The van der Waals surface area contributed by atoms with Gasteiger partial charge in [0.05, 0.1) is 15.9 Å². The first kappa shape index (κ1) is 12.2. The standard InChI is InChI=1S/C11H11N5OS2/c1-2-16-10(17)14-15-11(16)19-6-3-4-7-9(8(6)12)13-5-18-7/h3-5H,2,12H2,1H3,(H,14,17). The van der Waals surface area contributed by atoms with Gasteiger partial charge in [-0.05, 0) is 30.8 Å². The molecule has 0 atom stereocenters. The summed E-state index contributed by atoms with van der Waals surface area (Å²) in [6.45, 7) is 2.46. The summed E-state index contributed by atoms with van der Waals surface area (Å²) < 4.78 is 2.62. The molecule has 3 aromatic rings. The number of H-pyrrole nitrogens is 1. The van der Waals surface area contributed by atoms with Gasteiger partial charge in [-0.2, -0.15) is 0 Å². The molecule has 0 fully saturated rings. The fraction of sp³-hybridized carbons (Fsp3) is 0.182. The lowest BCUT2D eigenvalue weighted by Gasteiger charge is -2.05. The molecule has 6 nitrogen and oxygen atoms in total. The van der Waals surface area contributed by atoms with E-state index in [0.717, 1.165) is 15.1 Å². The third kappa shape index (κ3) is 2.02. The number of rotatable bonds is 3. The van der Waals surface area contributed by atoms with Gasteiger partial charge in [0.2, 0.25) is 0 Å². The van der Waals surface area contributed by atoms with Gasteiger partial charge in [-0.1, -0.05) is 0 Å². The van der Waals surface area contributed by atoms with Crippen molar-refractivity contribution in [3.63, 3.8) is 0 Å². The molecule has 2 heterocycles. The zero-order chi connectivity index (χ0) is 13.4. The minimum atomic E-state index is -0.210. The molecule has 3 N–H and O–H groups in total. The summed E-state index contributed by atoms with van der Waals surface area (Å²) in [5.41, 5.74) is 9.10. The van der Waals surface area contributed by atoms with Crippen molar-refractivity contribution in [1.29, 1.82) is 0 Å². The second-order valence-corrected chi connectivity index (χ2v) is 5.73. The number of nitrogen functional groups attached to an aromatic ring is 1. The number of nitrogens with one attached hydrogen (secondary N) is 1. The minimum Gasteiger partial charge on any atom is -0.396 e. The smallest absolute Gasteiger partial charge is 0.343 e. The second-order valence-electron chi connectivity index (χ2n) is 3.83. The first-order valence-corrected chi connectivity index (χ1v) is 7.35. The Bertz CT molecular complexity index is 788.